The zero-order chi connectivity index (χ0) is 21.6. The molecule has 2 aromatic carbocycles. The van der Waals surface area contributed by atoms with Gasteiger partial charge < -0.3 is 5.32 Å². The van der Waals surface area contributed by atoms with Crippen LogP contribution < -0.4 is 5.32 Å². The van der Waals surface area contributed by atoms with Gasteiger partial charge in [-0.2, -0.15) is 4.31 Å². The Hall–Kier alpha value is -1.83. The Balaban J connectivity index is 2.16. The van der Waals surface area contributed by atoms with Crippen LogP contribution in [0.4, 0.5) is 0 Å². The molecule has 1 N–H and O–H groups in total. The molecule has 7 heteroatoms. The molecule has 0 aliphatic rings. The number of nitrogens with one attached hydrogen (secondary N) is 1. The first-order valence-corrected chi connectivity index (χ1v) is 12.2. The van der Waals surface area contributed by atoms with E-state index in [1.165, 1.54) is 4.31 Å². The lowest BCUT2D eigenvalue weighted by Crippen LogP contribution is -2.30. The summed E-state index contributed by atoms with van der Waals surface area (Å²) in [7, 11) is -3.48. The second-order valence-electron chi connectivity index (χ2n) is 7.02. The van der Waals surface area contributed by atoms with E-state index >= 15 is 0 Å². The van der Waals surface area contributed by atoms with E-state index < -0.39 is 10.0 Å². The van der Waals surface area contributed by atoms with E-state index in [9.17, 15) is 13.2 Å². The normalized spacial score (nSPS) is 12.9. The van der Waals surface area contributed by atoms with Crippen LogP contribution in [0.2, 0.25) is 0 Å². The molecule has 158 valence electrons. The third-order valence-corrected chi connectivity index (χ3v) is 7.71. The van der Waals surface area contributed by atoms with Gasteiger partial charge in [-0.05, 0) is 36.8 Å². The fraction of sp³-hybridized carbons (Fsp3) is 0.409. The first-order valence-electron chi connectivity index (χ1n) is 9.87. The lowest BCUT2D eigenvalue weighted by atomic mass is 10.1. The number of thioether (sulfide) groups is 1. The van der Waals surface area contributed by atoms with Gasteiger partial charge in [0.2, 0.25) is 10.0 Å². The smallest absolute Gasteiger partial charge is 0.252 e. The minimum atomic E-state index is -3.48. The summed E-state index contributed by atoms with van der Waals surface area (Å²) in [5, 5.41) is 3.39. The van der Waals surface area contributed by atoms with Crippen LogP contribution in [-0.4, -0.2) is 37.0 Å². The van der Waals surface area contributed by atoms with E-state index in [0.29, 0.717) is 23.9 Å². The lowest BCUT2D eigenvalue weighted by molar-refractivity contribution is 0.0937. The van der Waals surface area contributed by atoms with Gasteiger partial charge >= 0.3 is 0 Å². The fourth-order valence-corrected chi connectivity index (χ4v) is 5.42. The molecular weight excluding hydrogens is 404 g/mol. The van der Waals surface area contributed by atoms with E-state index in [4.69, 9.17) is 0 Å². The molecule has 0 bridgehead atoms. The maximum atomic E-state index is 12.8. The number of hydrogen-bond acceptors (Lipinski definition) is 4. The number of amides is 1. The average molecular weight is 435 g/mol. The largest absolute Gasteiger partial charge is 0.345 e. The van der Waals surface area contributed by atoms with Gasteiger partial charge in [0.05, 0.1) is 16.5 Å². The van der Waals surface area contributed by atoms with Crippen LogP contribution in [0.25, 0.3) is 0 Å². The molecule has 1 atom stereocenters. The van der Waals surface area contributed by atoms with Crippen LogP contribution >= 0.6 is 11.8 Å². The summed E-state index contributed by atoms with van der Waals surface area (Å²) in [6.07, 6.45) is 0. The van der Waals surface area contributed by atoms with Crippen LogP contribution in [0.1, 0.15) is 56.6 Å². The number of hydrogen-bond donors (Lipinski definition) is 1. The quantitative estimate of drug-likeness (QED) is 0.581. The second-order valence-corrected chi connectivity index (χ2v) is 10.6. The van der Waals surface area contributed by atoms with Crippen molar-refractivity contribution in [1.82, 2.24) is 9.62 Å². The Bertz CT molecular complexity index is 921. The van der Waals surface area contributed by atoms with Gasteiger partial charge in [-0.1, -0.05) is 52.0 Å². The number of carbonyl (C=O) groups is 1. The van der Waals surface area contributed by atoms with Crippen LogP contribution in [0, 0.1) is 0 Å². The van der Waals surface area contributed by atoms with Crippen LogP contribution in [0.3, 0.4) is 0 Å². The number of sulfonamides is 1. The van der Waals surface area contributed by atoms with Gasteiger partial charge in [0.1, 0.15) is 0 Å². The van der Waals surface area contributed by atoms with E-state index in [-0.39, 0.29) is 16.8 Å². The van der Waals surface area contributed by atoms with Crippen molar-refractivity contribution >= 4 is 27.7 Å². The Morgan fingerprint density at radius 1 is 1.00 bits per heavy atom. The molecule has 2 rings (SSSR count). The van der Waals surface area contributed by atoms with Gasteiger partial charge in [-0.3, -0.25) is 4.79 Å². The van der Waals surface area contributed by atoms with Gasteiger partial charge in [0.25, 0.3) is 5.91 Å². The van der Waals surface area contributed by atoms with Crippen molar-refractivity contribution in [2.45, 2.75) is 55.7 Å². The molecule has 0 spiro atoms. The fourth-order valence-electron chi connectivity index (χ4n) is 3.01. The Morgan fingerprint density at radius 3 is 2.14 bits per heavy atom. The predicted octanol–water partition coefficient (Wildman–Crippen LogP) is 4.71. The van der Waals surface area contributed by atoms with Gasteiger partial charge in [0, 0.05) is 23.2 Å². The maximum absolute atomic E-state index is 12.8. The molecule has 0 aliphatic heterocycles. The van der Waals surface area contributed by atoms with Crippen LogP contribution in [-0.2, 0) is 10.0 Å². The molecule has 0 saturated heterocycles. The van der Waals surface area contributed by atoms with E-state index in [2.05, 4.69) is 19.2 Å². The molecule has 0 saturated carbocycles. The second kappa shape index (κ2) is 10.3. The molecule has 0 aliphatic carbocycles. The molecule has 1 amide bonds. The topological polar surface area (TPSA) is 66.5 Å². The first kappa shape index (κ1) is 23.4. The molecule has 29 heavy (non-hydrogen) atoms. The number of rotatable bonds is 9. The molecule has 0 radical (unpaired) electrons. The zero-order valence-electron chi connectivity index (χ0n) is 17.7. The predicted molar refractivity (Wildman–Crippen MR) is 120 cm³/mol. The van der Waals surface area contributed by atoms with Crippen molar-refractivity contribution in [2.24, 2.45) is 0 Å². The van der Waals surface area contributed by atoms with Crippen molar-refractivity contribution < 1.29 is 13.2 Å². The van der Waals surface area contributed by atoms with E-state index in [1.807, 2.05) is 45.0 Å². The first-order chi connectivity index (χ1) is 13.7. The summed E-state index contributed by atoms with van der Waals surface area (Å²) in [5.74, 6) is -0.138. The SMILES string of the molecule is CCN(CC)S(=O)(=O)c1ccc(C(C)NC(=O)c2ccccc2SC(C)C)cc1. The molecule has 1 unspecified atom stereocenters. The highest BCUT2D eigenvalue weighted by molar-refractivity contribution is 8.00. The van der Waals surface area contributed by atoms with Gasteiger partial charge in [-0.25, -0.2) is 8.42 Å². The zero-order valence-corrected chi connectivity index (χ0v) is 19.3. The third kappa shape index (κ3) is 5.84. The standard InChI is InChI=1S/C22H30N2O3S2/c1-6-24(7-2)29(26,27)19-14-12-18(13-15-19)17(5)23-22(25)20-10-8-9-11-21(20)28-16(3)4/h8-17H,6-7H2,1-5H3,(H,23,25). The summed E-state index contributed by atoms with van der Waals surface area (Å²) in [4.78, 5) is 14.0. The molecule has 2 aromatic rings. The van der Waals surface area contributed by atoms with Crippen molar-refractivity contribution in [1.29, 1.82) is 0 Å². The van der Waals surface area contributed by atoms with Crippen LogP contribution in [0.5, 0.6) is 0 Å². The summed E-state index contributed by atoms with van der Waals surface area (Å²) in [5.41, 5.74) is 1.50. The van der Waals surface area contributed by atoms with Crippen molar-refractivity contribution in [2.75, 3.05) is 13.1 Å². The van der Waals surface area contributed by atoms with Crippen LogP contribution in [0.15, 0.2) is 58.3 Å². The van der Waals surface area contributed by atoms with Crippen molar-refractivity contribution in [3.8, 4) is 0 Å². The Kier molecular flexibility index (Phi) is 8.31. The molecule has 0 aromatic heterocycles. The highest BCUT2D eigenvalue weighted by Gasteiger charge is 2.22. The summed E-state index contributed by atoms with van der Waals surface area (Å²) in [6.45, 7) is 10.6. The number of nitrogens with zero attached hydrogens (tertiary/aromatic N) is 1. The summed E-state index contributed by atoms with van der Waals surface area (Å²) < 4.78 is 26.7. The number of benzene rings is 2. The van der Waals surface area contributed by atoms with E-state index in [0.717, 1.165) is 10.5 Å². The summed E-state index contributed by atoms with van der Waals surface area (Å²) in [6, 6.07) is 14.1. The average Bonchev–Trinajstić information content (AvgIpc) is 2.68. The third-order valence-electron chi connectivity index (χ3n) is 4.57. The molecule has 0 fully saturated rings. The maximum Gasteiger partial charge on any atom is 0.252 e. The highest BCUT2D eigenvalue weighted by Crippen LogP contribution is 2.27. The number of carbonyl (C=O) groups excluding carboxylic acids is 1. The van der Waals surface area contributed by atoms with E-state index in [1.54, 1.807) is 36.0 Å². The molecule has 0 heterocycles. The van der Waals surface area contributed by atoms with Gasteiger partial charge in [0.15, 0.2) is 0 Å². The van der Waals surface area contributed by atoms with Crippen molar-refractivity contribution in [3.63, 3.8) is 0 Å². The highest BCUT2D eigenvalue weighted by atomic mass is 32.2. The molecule has 5 nitrogen and oxygen atoms in total. The molecular formula is C22H30N2O3S2. The monoisotopic (exact) mass is 434 g/mol. The minimum Gasteiger partial charge on any atom is -0.345 e. The Morgan fingerprint density at radius 2 is 1.59 bits per heavy atom. The van der Waals surface area contributed by atoms with Gasteiger partial charge in [-0.15, -0.1) is 11.8 Å². The lowest BCUT2D eigenvalue weighted by Gasteiger charge is -2.20. The summed E-state index contributed by atoms with van der Waals surface area (Å²) >= 11 is 1.66. The Labute approximate surface area is 178 Å². The van der Waals surface area contributed by atoms with Crippen molar-refractivity contribution in [3.05, 3.63) is 59.7 Å². The minimum absolute atomic E-state index is 0.138.